The lowest BCUT2D eigenvalue weighted by Gasteiger charge is -2.36. The van der Waals surface area contributed by atoms with Crippen LogP contribution in [0.5, 0.6) is 0 Å². The maximum Gasteiger partial charge on any atom is 0.270 e. The van der Waals surface area contributed by atoms with Crippen molar-refractivity contribution in [3.8, 4) is 0 Å². The number of hydrogen-bond donors (Lipinski definition) is 1. The summed E-state index contributed by atoms with van der Waals surface area (Å²) in [5, 5.41) is 5.93. The van der Waals surface area contributed by atoms with E-state index in [-0.39, 0.29) is 29.7 Å². The van der Waals surface area contributed by atoms with Crippen molar-refractivity contribution in [1.29, 1.82) is 0 Å². The normalized spacial score (nSPS) is 21.2. The van der Waals surface area contributed by atoms with Crippen molar-refractivity contribution in [2.24, 2.45) is 11.8 Å². The van der Waals surface area contributed by atoms with Gasteiger partial charge in [0.05, 0.1) is 6.04 Å². The third-order valence-electron chi connectivity index (χ3n) is 5.07. The fourth-order valence-electron chi connectivity index (χ4n) is 3.55. The maximum absolute atomic E-state index is 12.6. The summed E-state index contributed by atoms with van der Waals surface area (Å²) in [6.45, 7) is 1.51. The van der Waals surface area contributed by atoms with Gasteiger partial charge < -0.3 is 10.2 Å². The molecule has 1 saturated heterocycles. The van der Waals surface area contributed by atoms with Crippen LogP contribution < -0.4 is 5.32 Å². The molecule has 2 aromatic rings. The van der Waals surface area contributed by atoms with Gasteiger partial charge in [0.15, 0.2) is 0 Å². The number of nitrogens with one attached hydrogen (secondary N) is 1. The van der Waals surface area contributed by atoms with Gasteiger partial charge in [-0.05, 0) is 37.8 Å². The van der Waals surface area contributed by atoms with E-state index >= 15 is 0 Å². The van der Waals surface area contributed by atoms with Crippen molar-refractivity contribution < 1.29 is 9.59 Å². The maximum atomic E-state index is 12.6. The zero-order valence-corrected chi connectivity index (χ0v) is 15.3. The molecule has 0 spiro atoms. The van der Waals surface area contributed by atoms with Crippen LogP contribution in [0, 0.1) is 11.8 Å². The minimum Gasteiger partial charge on any atom is -0.342 e. The van der Waals surface area contributed by atoms with Crippen molar-refractivity contribution in [2.75, 3.05) is 13.1 Å². The minimum atomic E-state index is -0.198. The molecule has 2 aromatic heterocycles. The quantitative estimate of drug-likeness (QED) is 0.878. The Morgan fingerprint density at radius 3 is 2.77 bits per heavy atom. The number of thiazole rings is 1. The number of carbonyl (C=O) groups is 2. The summed E-state index contributed by atoms with van der Waals surface area (Å²) in [6, 6.07) is 5.10. The highest BCUT2D eigenvalue weighted by Gasteiger charge is 2.38. The van der Waals surface area contributed by atoms with E-state index in [0.717, 1.165) is 37.2 Å². The molecule has 0 bridgehead atoms. The third-order valence-corrected chi connectivity index (χ3v) is 5.93. The number of piperidine rings is 1. The van der Waals surface area contributed by atoms with Crippen LogP contribution >= 0.6 is 11.3 Å². The number of hydrogen-bond acceptors (Lipinski definition) is 5. The topological polar surface area (TPSA) is 75.2 Å². The molecule has 2 atom stereocenters. The van der Waals surface area contributed by atoms with Crippen LogP contribution in [0.15, 0.2) is 36.0 Å². The van der Waals surface area contributed by atoms with Gasteiger partial charge in [-0.3, -0.25) is 14.6 Å². The van der Waals surface area contributed by atoms with Crippen molar-refractivity contribution in [2.45, 2.75) is 31.7 Å². The molecule has 6 nitrogen and oxygen atoms in total. The average molecular weight is 370 g/mol. The van der Waals surface area contributed by atoms with Crippen molar-refractivity contribution in [3.63, 3.8) is 0 Å². The molecule has 4 rings (SSSR count). The lowest BCUT2D eigenvalue weighted by Crippen LogP contribution is -2.45. The van der Waals surface area contributed by atoms with Gasteiger partial charge in [-0.1, -0.05) is 6.07 Å². The largest absolute Gasteiger partial charge is 0.342 e. The molecule has 2 aliphatic rings. The minimum absolute atomic E-state index is 0.172. The van der Waals surface area contributed by atoms with E-state index in [1.807, 2.05) is 10.3 Å². The molecule has 2 fully saturated rings. The van der Waals surface area contributed by atoms with E-state index in [9.17, 15) is 9.59 Å². The van der Waals surface area contributed by atoms with Gasteiger partial charge in [0.25, 0.3) is 5.91 Å². The van der Waals surface area contributed by atoms with Crippen LogP contribution in [0.25, 0.3) is 0 Å². The Hall–Kier alpha value is -2.28. The van der Waals surface area contributed by atoms with Gasteiger partial charge in [0.1, 0.15) is 10.7 Å². The van der Waals surface area contributed by atoms with Crippen LogP contribution in [0.3, 0.4) is 0 Å². The van der Waals surface area contributed by atoms with Crippen molar-refractivity contribution >= 4 is 23.2 Å². The molecule has 1 N–H and O–H groups in total. The second-order valence-electron chi connectivity index (χ2n) is 7.00. The third kappa shape index (κ3) is 3.77. The summed E-state index contributed by atoms with van der Waals surface area (Å²) in [7, 11) is 0. The summed E-state index contributed by atoms with van der Waals surface area (Å²) in [5.41, 5.74) is 0.399. The summed E-state index contributed by atoms with van der Waals surface area (Å²) in [5.74, 6) is 0.487. The highest BCUT2D eigenvalue weighted by atomic mass is 32.1. The summed E-state index contributed by atoms with van der Waals surface area (Å²) < 4.78 is 0. The van der Waals surface area contributed by atoms with E-state index in [2.05, 4.69) is 15.3 Å². The molecule has 0 aromatic carbocycles. The van der Waals surface area contributed by atoms with Crippen LogP contribution in [-0.4, -0.2) is 39.8 Å². The van der Waals surface area contributed by atoms with Crippen LogP contribution in [0.1, 0.15) is 47.2 Å². The number of carbonyl (C=O) groups excluding carboxylic acids is 2. The van der Waals surface area contributed by atoms with Gasteiger partial charge in [-0.2, -0.15) is 0 Å². The first-order chi connectivity index (χ1) is 12.7. The van der Waals surface area contributed by atoms with Crippen LogP contribution in [0.2, 0.25) is 0 Å². The Labute approximate surface area is 156 Å². The first-order valence-electron chi connectivity index (χ1n) is 9.12. The molecular weight excluding hydrogens is 348 g/mol. The fraction of sp³-hybridized carbons (Fsp3) is 0.474. The first-order valence-corrected chi connectivity index (χ1v) is 10.0. The van der Waals surface area contributed by atoms with Gasteiger partial charge in [-0.25, -0.2) is 4.98 Å². The Morgan fingerprint density at radius 2 is 2.08 bits per heavy atom. The fourth-order valence-corrected chi connectivity index (χ4v) is 4.33. The molecular formula is C19H22N4O2S. The van der Waals surface area contributed by atoms with E-state index < -0.39 is 0 Å². The summed E-state index contributed by atoms with van der Waals surface area (Å²) in [6.07, 6.45) is 7.35. The van der Waals surface area contributed by atoms with Gasteiger partial charge >= 0.3 is 0 Å². The first kappa shape index (κ1) is 17.1. The molecule has 26 heavy (non-hydrogen) atoms. The zero-order chi connectivity index (χ0) is 17.9. The number of pyridine rings is 1. The van der Waals surface area contributed by atoms with Crippen LogP contribution in [0.4, 0.5) is 0 Å². The second-order valence-corrected chi connectivity index (χ2v) is 7.92. The molecule has 3 heterocycles. The Bertz CT molecular complexity index is 761. The molecule has 2 amide bonds. The smallest absolute Gasteiger partial charge is 0.270 e. The number of aromatic nitrogens is 2. The Morgan fingerprint density at radius 1 is 1.19 bits per heavy atom. The Kier molecular flexibility index (Phi) is 4.97. The second kappa shape index (κ2) is 7.53. The SMILES string of the molecule is O=C(N[C@@H](c1nccs1)[C@@H]1CCCN(C(=O)C2CC2)C1)c1ccccn1. The lowest BCUT2D eigenvalue weighted by atomic mass is 9.90. The standard InChI is InChI=1S/C19H22N4O2S/c24-17(15-5-1-2-8-20-15)22-16(18-21-9-11-26-18)14-4-3-10-23(12-14)19(25)13-6-7-13/h1-2,5,8-9,11,13-14,16H,3-4,6-7,10,12H2,(H,22,24)/t14-,16-/m1/s1. The van der Waals surface area contributed by atoms with E-state index in [1.54, 1.807) is 41.9 Å². The highest BCUT2D eigenvalue weighted by molar-refractivity contribution is 7.09. The van der Waals surface area contributed by atoms with Crippen molar-refractivity contribution in [3.05, 3.63) is 46.7 Å². The van der Waals surface area contributed by atoms with E-state index in [1.165, 1.54) is 0 Å². The average Bonchev–Trinajstić information content (AvgIpc) is 3.41. The van der Waals surface area contributed by atoms with Gasteiger partial charge in [-0.15, -0.1) is 11.3 Å². The molecule has 1 saturated carbocycles. The molecule has 1 aliphatic heterocycles. The predicted octanol–water partition coefficient (Wildman–Crippen LogP) is 2.66. The molecule has 136 valence electrons. The van der Waals surface area contributed by atoms with Gasteiger partial charge in [0.2, 0.25) is 5.91 Å². The summed E-state index contributed by atoms with van der Waals surface area (Å²) in [4.78, 5) is 35.7. The lowest BCUT2D eigenvalue weighted by molar-refractivity contribution is -0.134. The van der Waals surface area contributed by atoms with E-state index in [0.29, 0.717) is 12.2 Å². The molecule has 0 unspecified atom stereocenters. The van der Waals surface area contributed by atoms with Gasteiger partial charge in [0, 0.05) is 42.7 Å². The number of amides is 2. The molecule has 0 radical (unpaired) electrons. The summed E-state index contributed by atoms with van der Waals surface area (Å²) >= 11 is 1.54. The van der Waals surface area contributed by atoms with E-state index in [4.69, 9.17) is 0 Å². The number of nitrogens with zero attached hydrogens (tertiary/aromatic N) is 3. The Balaban J connectivity index is 1.51. The van der Waals surface area contributed by atoms with Crippen molar-refractivity contribution in [1.82, 2.24) is 20.2 Å². The van der Waals surface area contributed by atoms with Crippen LogP contribution in [-0.2, 0) is 4.79 Å². The zero-order valence-electron chi connectivity index (χ0n) is 14.5. The monoisotopic (exact) mass is 370 g/mol. The molecule has 7 heteroatoms. The number of rotatable bonds is 5. The predicted molar refractivity (Wildman–Crippen MR) is 98.6 cm³/mol. The molecule has 1 aliphatic carbocycles. The number of likely N-dealkylation sites (tertiary alicyclic amines) is 1. The highest BCUT2D eigenvalue weighted by Crippen LogP contribution is 2.35.